The second kappa shape index (κ2) is 7.75. The Balaban J connectivity index is 1.96. The molecule has 5 heteroatoms. The average Bonchev–Trinajstić information content (AvgIpc) is 2.52. The Morgan fingerprint density at radius 1 is 1.27 bits per heavy atom. The van der Waals surface area contributed by atoms with E-state index in [-0.39, 0.29) is 5.91 Å². The van der Waals surface area contributed by atoms with Gasteiger partial charge in [-0.3, -0.25) is 4.79 Å². The maximum absolute atomic E-state index is 12.0. The molecule has 114 valence electrons. The first kappa shape index (κ1) is 16.2. The Hall–Kier alpha value is -2.14. The third-order valence-corrected chi connectivity index (χ3v) is 3.86. The maximum Gasteiger partial charge on any atom is 0.271 e. The number of rotatable bonds is 5. The zero-order valence-corrected chi connectivity index (χ0v) is 14.1. The van der Waals surface area contributed by atoms with Gasteiger partial charge in [0.2, 0.25) is 0 Å². The van der Waals surface area contributed by atoms with Crippen LogP contribution < -0.4 is 10.2 Å². The lowest BCUT2D eigenvalue weighted by Gasteiger charge is -2.04. The molecule has 0 aliphatic rings. The fourth-order valence-electron chi connectivity index (χ4n) is 1.79. The maximum atomic E-state index is 12.0. The van der Waals surface area contributed by atoms with E-state index in [2.05, 4.69) is 26.5 Å². The Morgan fingerprint density at radius 3 is 2.64 bits per heavy atom. The summed E-state index contributed by atoms with van der Waals surface area (Å²) < 4.78 is 6.34. The number of aryl methyl sites for hydroxylation is 1. The Labute approximate surface area is 138 Å². The van der Waals surface area contributed by atoms with Crippen molar-refractivity contribution in [3.05, 3.63) is 63.6 Å². The van der Waals surface area contributed by atoms with Crippen molar-refractivity contribution in [2.75, 3.05) is 6.61 Å². The quantitative estimate of drug-likeness (QED) is 0.648. The Morgan fingerprint density at radius 2 is 2.00 bits per heavy atom. The van der Waals surface area contributed by atoms with Crippen LogP contribution in [0.4, 0.5) is 0 Å². The van der Waals surface area contributed by atoms with Crippen LogP contribution in [0.15, 0.2) is 52.0 Å². The molecule has 0 spiro atoms. The van der Waals surface area contributed by atoms with Gasteiger partial charge in [-0.15, -0.1) is 0 Å². The molecule has 2 rings (SSSR count). The van der Waals surface area contributed by atoms with Crippen molar-refractivity contribution >= 4 is 28.1 Å². The molecule has 0 atom stereocenters. The first-order valence-electron chi connectivity index (χ1n) is 6.92. The molecule has 0 heterocycles. The number of carbonyl (C=O) groups excluding carboxylic acids is 1. The SMILES string of the molecule is CCOc1ccc(C(=O)N/N=C/c2ccc(C)c(Br)c2)cc1. The molecule has 1 amide bonds. The first-order chi connectivity index (χ1) is 10.6. The van der Waals surface area contributed by atoms with Crippen molar-refractivity contribution in [3.8, 4) is 5.75 Å². The van der Waals surface area contributed by atoms with Crippen molar-refractivity contribution in [2.24, 2.45) is 5.10 Å². The number of benzene rings is 2. The first-order valence-corrected chi connectivity index (χ1v) is 7.72. The number of halogens is 1. The number of hydrogen-bond acceptors (Lipinski definition) is 3. The van der Waals surface area contributed by atoms with E-state index in [4.69, 9.17) is 4.74 Å². The molecular weight excluding hydrogens is 344 g/mol. The lowest BCUT2D eigenvalue weighted by molar-refractivity contribution is 0.0955. The molecule has 0 aliphatic heterocycles. The molecule has 0 saturated heterocycles. The van der Waals surface area contributed by atoms with Crippen LogP contribution in [0, 0.1) is 6.92 Å². The van der Waals surface area contributed by atoms with E-state index in [0.717, 1.165) is 21.3 Å². The molecular formula is C17H17BrN2O2. The third kappa shape index (κ3) is 4.43. The molecule has 22 heavy (non-hydrogen) atoms. The highest BCUT2D eigenvalue weighted by molar-refractivity contribution is 9.10. The normalized spacial score (nSPS) is 10.7. The molecule has 0 fully saturated rings. The van der Waals surface area contributed by atoms with E-state index < -0.39 is 0 Å². The molecule has 0 bridgehead atoms. The summed E-state index contributed by atoms with van der Waals surface area (Å²) >= 11 is 3.46. The van der Waals surface area contributed by atoms with Gasteiger partial charge in [-0.25, -0.2) is 5.43 Å². The summed E-state index contributed by atoms with van der Waals surface area (Å²) in [5, 5.41) is 3.97. The van der Waals surface area contributed by atoms with Crippen LogP contribution in [0.25, 0.3) is 0 Å². The second-order valence-corrected chi connectivity index (χ2v) is 5.52. The van der Waals surface area contributed by atoms with Gasteiger partial charge in [0.15, 0.2) is 0 Å². The molecule has 0 saturated carbocycles. The van der Waals surface area contributed by atoms with Gasteiger partial charge in [0, 0.05) is 10.0 Å². The summed E-state index contributed by atoms with van der Waals surface area (Å²) in [5.74, 6) is 0.484. The smallest absolute Gasteiger partial charge is 0.271 e. The monoisotopic (exact) mass is 360 g/mol. The zero-order chi connectivity index (χ0) is 15.9. The molecule has 0 radical (unpaired) electrons. The highest BCUT2D eigenvalue weighted by Crippen LogP contribution is 2.16. The summed E-state index contributed by atoms with van der Waals surface area (Å²) in [7, 11) is 0. The van der Waals surface area contributed by atoms with Crippen LogP contribution in [0.3, 0.4) is 0 Å². The molecule has 2 aromatic rings. The van der Waals surface area contributed by atoms with Crippen molar-refractivity contribution in [1.82, 2.24) is 5.43 Å². The number of hydrogen-bond donors (Lipinski definition) is 1. The van der Waals surface area contributed by atoms with Gasteiger partial charge in [-0.05, 0) is 55.3 Å². The van der Waals surface area contributed by atoms with Gasteiger partial charge in [0.05, 0.1) is 12.8 Å². The van der Waals surface area contributed by atoms with E-state index in [1.807, 2.05) is 32.0 Å². The Bertz CT molecular complexity index is 682. The standard InChI is InChI=1S/C17H17BrN2O2/c1-3-22-15-8-6-14(7-9-15)17(21)20-19-11-13-5-4-12(2)16(18)10-13/h4-11H,3H2,1-2H3,(H,20,21)/b19-11+. The minimum Gasteiger partial charge on any atom is -0.494 e. The van der Waals surface area contributed by atoms with Gasteiger partial charge >= 0.3 is 0 Å². The van der Waals surface area contributed by atoms with Gasteiger partial charge in [0.1, 0.15) is 5.75 Å². The molecule has 0 aliphatic carbocycles. The minimum absolute atomic E-state index is 0.259. The van der Waals surface area contributed by atoms with Crippen LogP contribution in [0.5, 0.6) is 5.75 Å². The van der Waals surface area contributed by atoms with Crippen molar-refractivity contribution < 1.29 is 9.53 Å². The largest absolute Gasteiger partial charge is 0.494 e. The van der Waals surface area contributed by atoms with Crippen molar-refractivity contribution in [3.63, 3.8) is 0 Å². The topological polar surface area (TPSA) is 50.7 Å². The summed E-state index contributed by atoms with van der Waals surface area (Å²) in [5.41, 5.74) is 5.10. The van der Waals surface area contributed by atoms with Gasteiger partial charge in [-0.1, -0.05) is 28.1 Å². The number of amides is 1. The van der Waals surface area contributed by atoms with E-state index in [0.29, 0.717) is 12.2 Å². The van der Waals surface area contributed by atoms with Crippen LogP contribution in [0.1, 0.15) is 28.4 Å². The summed E-state index contributed by atoms with van der Waals surface area (Å²) in [4.78, 5) is 12.0. The highest BCUT2D eigenvalue weighted by Gasteiger charge is 2.04. The average molecular weight is 361 g/mol. The molecule has 2 aromatic carbocycles. The predicted octanol–water partition coefficient (Wildman–Crippen LogP) is 3.92. The zero-order valence-electron chi connectivity index (χ0n) is 12.5. The third-order valence-electron chi connectivity index (χ3n) is 3.00. The fraction of sp³-hybridized carbons (Fsp3) is 0.176. The molecule has 0 aromatic heterocycles. The van der Waals surface area contributed by atoms with Gasteiger partial charge in [-0.2, -0.15) is 5.10 Å². The molecule has 4 nitrogen and oxygen atoms in total. The number of ether oxygens (including phenoxy) is 1. The van der Waals surface area contributed by atoms with Gasteiger partial charge in [0.25, 0.3) is 5.91 Å². The van der Waals surface area contributed by atoms with Crippen LogP contribution in [-0.2, 0) is 0 Å². The lowest BCUT2D eigenvalue weighted by Crippen LogP contribution is -2.17. The number of carbonyl (C=O) groups is 1. The Kier molecular flexibility index (Phi) is 5.72. The molecule has 0 unspecified atom stereocenters. The summed E-state index contributed by atoms with van der Waals surface area (Å²) in [6.07, 6.45) is 1.61. The minimum atomic E-state index is -0.259. The van der Waals surface area contributed by atoms with E-state index in [1.54, 1.807) is 30.5 Å². The number of nitrogens with one attached hydrogen (secondary N) is 1. The fourth-order valence-corrected chi connectivity index (χ4v) is 2.19. The van der Waals surface area contributed by atoms with Gasteiger partial charge < -0.3 is 4.74 Å². The number of hydrazone groups is 1. The molecule has 1 N–H and O–H groups in total. The van der Waals surface area contributed by atoms with E-state index >= 15 is 0 Å². The second-order valence-electron chi connectivity index (χ2n) is 4.67. The van der Waals surface area contributed by atoms with Crippen molar-refractivity contribution in [1.29, 1.82) is 0 Å². The summed E-state index contributed by atoms with van der Waals surface area (Å²) in [6.45, 7) is 4.53. The highest BCUT2D eigenvalue weighted by atomic mass is 79.9. The van der Waals surface area contributed by atoms with Crippen LogP contribution in [-0.4, -0.2) is 18.7 Å². The lowest BCUT2D eigenvalue weighted by atomic mass is 10.2. The van der Waals surface area contributed by atoms with Crippen molar-refractivity contribution in [2.45, 2.75) is 13.8 Å². The van der Waals surface area contributed by atoms with E-state index in [1.165, 1.54) is 0 Å². The van der Waals surface area contributed by atoms with Crippen LogP contribution in [0.2, 0.25) is 0 Å². The van der Waals surface area contributed by atoms with Crippen LogP contribution >= 0.6 is 15.9 Å². The summed E-state index contributed by atoms with van der Waals surface area (Å²) in [6, 6.07) is 12.8. The number of nitrogens with zero attached hydrogens (tertiary/aromatic N) is 1. The predicted molar refractivity (Wildman–Crippen MR) is 91.6 cm³/mol. The van der Waals surface area contributed by atoms with E-state index in [9.17, 15) is 4.79 Å².